The molecule has 30 heavy (non-hydrogen) atoms. The van der Waals surface area contributed by atoms with Crippen LogP contribution in [0.5, 0.6) is 5.75 Å². The first-order chi connectivity index (χ1) is 14.0. The predicted octanol–water partition coefficient (Wildman–Crippen LogP) is -0.950. The van der Waals surface area contributed by atoms with Crippen molar-refractivity contribution in [1.29, 1.82) is 0 Å². The number of Topliss-reactive ketones (excluding diaryl/α,β-unsaturated/α-hetero) is 2. The van der Waals surface area contributed by atoms with Gasteiger partial charge in [-0.15, -0.1) is 0 Å². The lowest BCUT2D eigenvalue weighted by Crippen LogP contribution is -2.68. The van der Waals surface area contributed by atoms with Gasteiger partial charge >= 0.3 is 0 Å². The van der Waals surface area contributed by atoms with Crippen molar-refractivity contribution >= 4 is 17.5 Å². The van der Waals surface area contributed by atoms with E-state index in [0.29, 0.717) is 5.56 Å². The van der Waals surface area contributed by atoms with Crippen LogP contribution in [0.3, 0.4) is 0 Å². The SMILES string of the molecule is CC1c2cccc(O)c2C(=O)C2=C(O)C3(O)C(=O)C(C(N)=O)=C(O)C(N)C3C(O)C21. The third-order valence-electron chi connectivity index (χ3n) is 6.52. The minimum absolute atomic E-state index is 0.127. The van der Waals surface area contributed by atoms with Gasteiger partial charge in [0, 0.05) is 11.5 Å². The van der Waals surface area contributed by atoms with Crippen molar-refractivity contribution < 1.29 is 39.9 Å². The van der Waals surface area contributed by atoms with Crippen LogP contribution in [0, 0.1) is 11.8 Å². The topological polar surface area (TPSA) is 204 Å². The highest BCUT2D eigenvalue weighted by Gasteiger charge is 2.66. The van der Waals surface area contributed by atoms with Crippen LogP contribution in [0.4, 0.5) is 0 Å². The van der Waals surface area contributed by atoms with Crippen LogP contribution in [-0.2, 0) is 9.59 Å². The van der Waals surface area contributed by atoms with E-state index in [1.165, 1.54) is 12.1 Å². The predicted molar refractivity (Wildman–Crippen MR) is 100 cm³/mol. The van der Waals surface area contributed by atoms with Gasteiger partial charge in [-0.2, -0.15) is 0 Å². The van der Waals surface area contributed by atoms with Gasteiger partial charge in [-0.25, -0.2) is 0 Å². The minimum atomic E-state index is -2.96. The third-order valence-corrected chi connectivity index (χ3v) is 6.52. The molecule has 10 nitrogen and oxygen atoms in total. The number of ketones is 2. The lowest BCUT2D eigenvalue weighted by molar-refractivity contribution is -0.156. The number of benzene rings is 1. The Bertz CT molecular complexity index is 1090. The number of carbonyl (C=O) groups is 3. The molecule has 0 saturated heterocycles. The highest BCUT2D eigenvalue weighted by atomic mass is 16.4. The number of aliphatic hydroxyl groups excluding tert-OH is 3. The van der Waals surface area contributed by atoms with Crippen LogP contribution in [-0.4, -0.2) is 60.8 Å². The van der Waals surface area contributed by atoms with Crippen LogP contribution >= 0.6 is 0 Å². The average molecular weight is 416 g/mol. The lowest BCUT2D eigenvalue weighted by Gasteiger charge is -2.51. The van der Waals surface area contributed by atoms with E-state index in [1.807, 2.05) is 0 Å². The fourth-order valence-electron chi connectivity index (χ4n) is 5.09. The van der Waals surface area contributed by atoms with E-state index in [2.05, 4.69) is 0 Å². The number of nitrogens with two attached hydrogens (primary N) is 2. The van der Waals surface area contributed by atoms with E-state index < -0.39 is 75.6 Å². The smallest absolute Gasteiger partial charge is 0.255 e. The molecule has 10 heteroatoms. The molecule has 158 valence electrons. The monoisotopic (exact) mass is 416 g/mol. The van der Waals surface area contributed by atoms with Gasteiger partial charge in [0.25, 0.3) is 5.91 Å². The first-order valence-electron chi connectivity index (χ1n) is 9.20. The number of carbonyl (C=O) groups excluding carboxylic acids is 3. The van der Waals surface area contributed by atoms with Crippen molar-refractivity contribution in [2.75, 3.05) is 0 Å². The summed E-state index contributed by atoms with van der Waals surface area (Å²) < 4.78 is 0. The van der Waals surface area contributed by atoms with Gasteiger partial charge in [0.2, 0.25) is 5.78 Å². The summed E-state index contributed by atoms with van der Waals surface area (Å²) in [6.45, 7) is 1.64. The number of amides is 1. The molecule has 1 amide bonds. The average Bonchev–Trinajstić information content (AvgIpc) is 2.67. The normalized spacial score (nSPS) is 35.7. The van der Waals surface area contributed by atoms with Crippen LogP contribution in [0.2, 0.25) is 0 Å². The zero-order valence-electron chi connectivity index (χ0n) is 15.7. The Morgan fingerprint density at radius 2 is 1.80 bits per heavy atom. The Balaban J connectivity index is 2.04. The first kappa shape index (κ1) is 20.1. The van der Waals surface area contributed by atoms with E-state index in [4.69, 9.17) is 11.5 Å². The summed E-state index contributed by atoms with van der Waals surface area (Å²) in [4.78, 5) is 37.8. The van der Waals surface area contributed by atoms with Gasteiger partial charge < -0.3 is 37.0 Å². The summed E-state index contributed by atoms with van der Waals surface area (Å²) in [6, 6.07) is 2.74. The fourth-order valence-corrected chi connectivity index (χ4v) is 5.09. The maximum Gasteiger partial charge on any atom is 0.255 e. The molecule has 0 fully saturated rings. The molecule has 0 saturated carbocycles. The number of phenolic OH excluding ortho intramolecular Hbond substituents is 1. The van der Waals surface area contributed by atoms with Gasteiger partial charge in [-0.05, 0) is 17.5 Å². The van der Waals surface area contributed by atoms with Gasteiger partial charge in [0.05, 0.1) is 23.6 Å². The molecule has 0 heterocycles. The van der Waals surface area contributed by atoms with Crippen molar-refractivity contribution in [2.45, 2.75) is 30.6 Å². The second kappa shape index (κ2) is 6.14. The molecule has 0 bridgehead atoms. The Morgan fingerprint density at radius 3 is 2.40 bits per heavy atom. The maximum absolute atomic E-state index is 13.2. The number of fused-ring (bicyclic) bond motifs is 3. The van der Waals surface area contributed by atoms with Gasteiger partial charge in [-0.3, -0.25) is 14.4 Å². The number of hydrogen-bond donors (Lipinski definition) is 7. The minimum Gasteiger partial charge on any atom is -0.510 e. The number of aromatic hydroxyl groups is 1. The van der Waals surface area contributed by atoms with Crippen molar-refractivity contribution in [3.05, 3.63) is 52.0 Å². The number of aliphatic hydroxyl groups is 4. The van der Waals surface area contributed by atoms with E-state index in [-0.39, 0.29) is 11.3 Å². The van der Waals surface area contributed by atoms with Crippen LogP contribution < -0.4 is 11.5 Å². The van der Waals surface area contributed by atoms with Gasteiger partial charge in [0.1, 0.15) is 22.8 Å². The van der Waals surface area contributed by atoms with E-state index in [1.54, 1.807) is 13.0 Å². The van der Waals surface area contributed by atoms with Crippen molar-refractivity contribution in [1.82, 2.24) is 0 Å². The molecule has 0 radical (unpaired) electrons. The lowest BCUT2D eigenvalue weighted by atomic mass is 9.55. The molecule has 3 aliphatic rings. The Kier molecular flexibility index (Phi) is 4.11. The molecule has 1 aromatic carbocycles. The van der Waals surface area contributed by atoms with Gasteiger partial charge in [0.15, 0.2) is 11.4 Å². The van der Waals surface area contributed by atoms with Crippen LogP contribution in [0.15, 0.2) is 40.9 Å². The maximum atomic E-state index is 13.2. The molecular formula is C20H20N2O8. The molecule has 1 aromatic rings. The molecule has 3 aliphatic carbocycles. The largest absolute Gasteiger partial charge is 0.510 e. The third kappa shape index (κ3) is 2.15. The molecule has 0 spiro atoms. The summed E-state index contributed by atoms with van der Waals surface area (Å²) in [6.07, 6.45) is -1.66. The quantitative estimate of drug-likeness (QED) is 0.281. The van der Waals surface area contributed by atoms with Crippen molar-refractivity contribution in [3.8, 4) is 5.75 Å². The molecule has 0 aromatic heterocycles. The Morgan fingerprint density at radius 1 is 1.17 bits per heavy atom. The standard InChI is InChI=1S/C20H20N2O8/c1-5-6-3-2-4-7(23)9(6)14(24)10-8(5)15(25)12-13(21)16(26)11(19(22)29)18(28)20(12,30)17(10)27/h2-5,8,12-13,15,23,25-27,30H,21H2,1H3,(H2,22,29). The molecule has 6 unspecified atom stereocenters. The number of hydrogen-bond acceptors (Lipinski definition) is 9. The summed E-state index contributed by atoms with van der Waals surface area (Å²) in [7, 11) is 0. The summed E-state index contributed by atoms with van der Waals surface area (Å²) in [5.41, 5.74) is 6.90. The molecule has 0 aliphatic heterocycles. The summed E-state index contributed by atoms with van der Waals surface area (Å²) >= 11 is 0. The second-order valence-electron chi connectivity index (χ2n) is 7.91. The zero-order chi connectivity index (χ0) is 22.3. The van der Waals surface area contributed by atoms with E-state index >= 15 is 0 Å². The van der Waals surface area contributed by atoms with Crippen molar-refractivity contribution in [2.24, 2.45) is 23.3 Å². The van der Waals surface area contributed by atoms with E-state index in [0.717, 1.165) is 0 Å². The molecule has 4 rings (SSSR count). The van der Waals surface area contributed by atoms with Crippen LogP contribution in [0.1, 0.15) is 28.8 Å². The van der Waals surface area contributed by atoms with Crippen LogP contribution in [0.25, 0.3) is 0 Å². The number of rotatable bonds is 1. The summed E-state index contributed by atoms with van der Waals surface area (Å²) in [5.74, 6) is -9.48. The second-order valence-corrected chi connectivity index (χ2v) is 7.91. The number of primary amides is 1. The fraction of sp³-hybridized carbons (Fsp3) is 0.350. The Hall–Kier alpha value is -3.21. The molecule has 9 N–H and O–H groups in total. The molecule has 6 atom stereocenters. The van der Waals surface area contributed by atoms with Gasteiger partial charge in [-0.1, -0.05) is 19.1 Å². The highest BCUT2D eigenvalue weighted by Crippen LogP contribution is 2.54. The Labute approximate surface area is 169 Å². The molecular weight excluding hydrogens is 396 g/mol. The van der Waals surface area contributed by atoms with Crippen molar-refractivity contribution in [3.63, 3.8) is 0 Å². The zero-order valence-corrected chi connectivity index (χ0v) is 15.7. The number of phenols is 1. The highest BCUT2D eigenvalue weighted by molar-refractivity contribution is 6.24. The van der Waals surface area contributed by atoms with E-state index in [9.17, 15) is 39.9 Å². The first-order valence-corrected chi connectivity index (χ1v) is 9.20. The summed E-state index contributed by atoms with van der Waals surface area (Å²) in [5, 5.41) is 53.7.